The molecule has 0 aliphatic carbocycles. The van der Waals surface area contributed by atoms with E-state index in [4.69, 9.17) is 13.3 Å². The van der Waals surface area contributed by atoms with Crippen LogP contribution >= 0.6 is 0 Å². The van der Waals surface area contributed by atoms with Gasteiger partial charge in [-0.1, -0.05) is 30.3 Å². The summed E-state index contributed by atoms with van der Waals surface area (Å²) in [5, 5.41) is 6.01. The van der Waals surface area contributed by atoms with Gasteiger partial charge in [-0.2, -0.15) is 0 Å². The van der Waals surface area contributed by atoms with E-state index in [-0.39, 0.29) is 0 Å². The number of nitrogens with one attached hydrogen (secondary N) is 1. The summed E-state index contributed by atoms with van der Waals surface area (Å²) in [4.78, 5) is 0. The molecule has 0 heterocycles. The summed E-state index contributed by atoms with van der Waals surface area (Å²) in [7, 11) is -2.52. The molecule has 0 fully saturated rings. The molecule has 0 unspecified atom stereocenters. The lowest BCUT2D eigenvalue weighted by Gasteiger charge is -2.28. The quantitative estimate of drug-likeness (QED) is 0.473. The maximum atomic E-state index is 5.89. The highest BCUT2D eigenvalue weighted by Crippen LogP contribution is 2.21. The van der Waals surface area contributed by atoms with Crippen molar-refractivity contribution in [3.8, 4) is 0 Å². The van der Waals surface area contributed by atoms with Crippen LogP contribution in [0.5, 0.6) is 0 Å². The van der Waals surface area contributed by atoms with E-state index in [1.165, 1.54) is 10.8 Å². The van der Waals surface area contributed by atoms with E-state index in [1.54, 1.807) is 0 Å². The van der Waals surface area contributed by atoms with Crippen molar-refractivity contribution in [1.82, 2.24) is 0 Å². The molecule has 0 saturated carbocycles. The second kappa shape index (κ2) is 9.79. The van der Waals surface area contributed by atoms with Gasteiger partial charge in [0, 0.05) is 38.1 Å². The van der Waals surface area contributed by atoms with E-state index in [0.717, 1.165) is 24.7 Å². The number of anilines is 1. The van der Waals surface area contributed by atoms with Gasteiger partial charge in [-0.3, -0.25) is 0 Å². The van der Waals surface area contributed by atoms with Crippen LogP contribution in [-0.2, 0) is 13.3 Å². The van der Waals surface area contributed by atoms with E-state index >= 15 is 0 Å². The topological polar surface area (TPSA) is 39.7 Å². The van der Waals surface area contributed by atoms with Crippen LogP contribution in [0.2, 0.25) is 6.04 Å². The van der Waals surface area contributed by atoms with Gasteiger partial charge in [-0.05, 0) is 50.1 Å². The van der Waals surface area contributed by atoms with E-state index in [2.05, 4.69) is 47.8 Å². The third kappa shape index (κ3) is 5.31. The van der Waals surface area contributed by atoms with Crippen LogP contribution in [0.1, 0.15) is 27.2 Å². The Morgan fingerprint density at radius 3 is 2.08 bits per heavy atom. The first kappa shape index (κ1) is 18.9. The molecule has 0 radical (unpaired) electrons. The Kier molecular flexibility index (Phi) is 7.72. The molecular weight excluding hydrogens is 318 g/mol. The fourth-order valence-electron chi connectivity index (χ4n) is 2.84. The fraction of sp³-hybridized carbons (Fsp3) is 0.474. The Morgan fingerprint density at radius 1 is 0.833 bits per heavy atom. The van der Waals surface area contributed by atoms with Crippen LogP contribution in [0.4, 0.5) is 5.69 Å². The summed E-state index contributed by atoms with van der Waals surface area (Å²) in [6.07, 6.45) is 0.957. The molecule has 0 bridgehead atoms. The molecule has 1 N–H and O–H groups in total. The average Bonchev–Trinajstić information content (AvgIpc) is 2.59. The molecule has 2 aromatic carbocycles. The summed E-state index contributed by atoms with van der Waals surface area (Å²) in [5.41, 5.74) is 1.14. The molecule has 4 nitrogen and oxygen atoms in total. The predicted molar refractivity (Wildman–Crippen MR) is 102 cm³/mol. The number of hydrogen-bond acceptors (Lipinski definition) is 4. The highest BCUT2D eigenvalue weighted by atomic mass is 28.4. The minimum atomic E-state index is -2.52. The van der Waals surface area contributed by atoms with Crippen LogP contribution < -0.4 is 5.32 Å². The lowest BCUT2D eigenvalue weighted by molar-refractivity contribution is 0.0710. The van der Waals surface area contributed by atoms with E-state index < -0.39 is 8.80 Å². The number of fused-ring (bicyclic) bond motifs is 1. The van der Waals surface area contributed by atoms with E-state index in [0.29, 0.717) is 19.8 Å². The van der Waals surface area contributed by atoms with Crippen molar-refractivity contribution in [2.75, 3.05) is 31.7 Å². The zero-order chi connectivity index (χ0) is 17.3. The van der Waals surface area contributed by atoms with E-state index in [1.807, 2.05) is 20.8 Å². The van der Waals surface area contributed by atoms with Crippen molar-refractivity contribution in [3.63, 3.8) is 0 Å². The molecule has 0 spiro atoms. The predicted octanol–water partition coefficient (Wildman–Crippen LogP) is 4.69. The van der Waals surface area contributed by atoms with Gasteiger partial charge in [0.25, 0.3) is 0 Å². The zero-order valence-electron chi connectivity index (χ0n) is 15.0. The summed E-state index contributed by atoms with van der Waals surface area (Å²) in [6.45, 7) is 8.74. The van der Waals surface area contributed by atoms with Gasteiger partial charge in [0.1, 0.15) is 0 Å². The van der Waals surface area contributed by atoms with Crippen LogP contribution in [0.3, 0.4) is 0 Å². The van der Waals surface area contributed by atoms with Crippen molar-refractivity contribution >= 4 is 25.3 Å². The molecule has 2 aromatic rings. The molecule has 0 aromatic heterocycles. The van der Waals surface area contributed by atoms with Gasteiger partial charge >= 0.3 is 8.80 Å². The third-order valence-electron chi connectivity index (χ3n) is 3.83. The van der Waals surface area contributed by atoms with Crippen molar-refractivity contribution in [2.45, 2.75) is 33.2 Å². The molecule has 0 aliphatic rings. The SMILES string of the molecule is CCO[Si](CCCNc1ccc2ccccc2c1)(OCC)OCC. The lowest BCUT2D eigenvalue weighted by Crippen LogP contribution is -2.46. The van der Waals surface area contributed by atoms with Crippen LogP contribution in [0, 0.1) is 0 Å². The molecule has 2 rings (SSSR count). The van der Waals surface area contributed by atoms with Gasteiger partial charge in [-0.25, -0.2) is 0 Å². The van der Waals surface area contributed by atoms with Gasteiger partial charge < -0.3 is 18.6 Å². The number of benzene rings is 2. The smallest absolute Gasteiger partial charge is 0.385 e. The Balaban J connectivity index is 1.88. The first-order chi connectivity index (χ1) is 11.7. The zero-order valence-corrected chi connectivity index (χ0v) is 16.0. The summed E-state index contributed by atoms with van der Waals surface area (Å²) in [6, 6.07) is 15.7. The molecule has 0 atom stereocenters. The minimum absolute atomic E-state index is 0.629. The van der Waals surface area contributed by atoms with Crippen LogP contribution in [0.15, 0.2) is 42.5 Å². The first-order valence-corrected chi connectivity index (χ1v) is 10.8. The summed E-state index contributed by atoms with van der Waals surface area (Å²) in [5.74, 6) is 0. The highest BCUT2D eigenvalue weighted by Gasteiger charge is 2.39. The molecule has 5 heteroatoms. The standard InChI is InChI=1S/C19H29NO3Si/c1-4-21-24(22-5-2,23-6-3)15-9-14-20-19-13-12-17-10-7-8-11-18(17)16-19/h7-8,10-13,16,20H,4-6,9,14-15H2,1-3H3. The van der Waals surface area contributed by atoms with Crippen molar-refractivity contribution in [3.05, 3.63) is 42.5 Å². The van der Waals surface area contributed by atoms with Crippen LogP contribution in [-0.4, -0.2) is 35.2 Å². The Labute approximate surface area is 146 Å². The fourth-order valence-corrected chi connectivity index (χ4v) is 5.45. The van der Waals surface area contributed by atoms with Gasteiger partial charge in [-0.15, -0.1) is 0 Å². The molecule has 0 saturated heterocycles. The molecule has 24 heavy (non-hydrogen) atoms. The monoisotopic (exact) mass is 347 g/mol. The second-order valence-corrected chi connectivity index (χ2v) is 8.31. The normalized spacial score (nSPS) is 11.8. The summed E-state index contributed by atoms with van der Waals surface area (Å²) >= 11 is 0. The Bertz CT molecular complexity index is 603. The third-order valence-corrected chi connectivity index (χ3v) is 6.98. The Morgan fingerprint density at radius 2 is 1.46 bits per heavy atom. The molecule has 132 valence electrons. The second-order valence-electron chi connectivity index (χ2n) is 5.57. The Hall–Kier alpha value is -1.40. The minimum Gasteiger partial charge on any atom is -0.385 e. The highest BCUT2D eigenvalue weighted by molar-refractivity contribution is 6.60. The summed E-state index contributed by atoms with van der Waals surface area (Å²) < 4.78 is 17.7. The largest absolute Gasteiger partial charge is 0.500 e. The maximum absolute atomic E-state index is 5.89. The lowest BCUT2D eigenvalue weighted by atomic mass is 10.1. The van der Waals surface area contributed by atoms with Gasteiger partial charge in [0.15, 0.2) is 0 Å². The van der Waals surface area contributed by atoms with Crippen molar-refractivity contribution < 1.29 is 13.3 Å². The number of hydrogen-bond donors (Lipinski definition) is 1. The average molecular weight is 348 g/mol. The maximum Gasteiger partial charge on any atom is 0.500 e. The van der Waals surface area contributed by atoms with Crippen molar-refractivity contribution in [1.29, 1.82) is 0 Å². The van der Waals surface area contributed by atoms with Gasteiger partial charge in [0.05, 0.1) is 0 Å². The van der Waals surface area contributed by atoms with Crippen LogP contribution in [0.25, 0.3) is 10.8 Å². The molecule has 0 aliphatic heterocycles. The first-order valence-electron chi connectivity index (χ1n) is 8.87. The van der Waals surface area contributed by atoms with E-state index in [9.17, 15) is 0 Å². The molecule has 0 amide bonds. The van der Waals surface area contributed by atoms with Gasteiger partial charge in [0.2, 0.25) is 0 Å². The number of rotatable bonds is 11. The van der Waals surface area contributed by atoms with Crippen molar-refractivity contribution in [2.24, 2.45) is 0 Å². The molecular formula is C19H29NO3Si.